The van der Waals surface area contributed by atoms with E-state index in [2.05, 4.69) is 16.5 Å². The lowest BCUT2D eigenvalue weighted by atomic mass is 10.0. The van der Waals surface area contributed by atoms with E-state index in [0.29, 0.717) is 31.2 Å². The third-order valence-electron chi connectivity index (χ3n) is 4.60. The van der Waals surface area contributed by atoms with Gasteiger partial charge in [0.2, 0.25) is 11.8 Å². The molecule has 0 saturated carbocycles. The summed E-state index contributed by atoms with van der Waals surface area (Å²) >= 11 is 0. The molecule has 0 radical (unpaired) electrons. The van der Waals surface area contributed by atoms with Crippen LogP contribution in [0.2, 0.25) is 0 Å². The summed E-state index contributed by atoms with van der Waals surface area (Å²) in [4.78, 5) is 34.7. The minimum Gasteiger partial charge on any atom is -0.481 e. The summed E-state index contributed by atoms with van der Waals surface area (Å²) < 4.78 is 5.17. The Kier molecular flexibility index (Phi) is 5.06. The minimum atomic E-state index is -0.148. The zero-order valence-electron chi connectivity index (χ0n) is 14.9. The number of carbonyl (C=O) groups excluding carboxylic acids is 1. The second-order valence-electron chi connectivity index (χ2n) is 6.08. The number of aromatic nitrogens is 2. The molecule has 1 N–H and O–H groups in total. The Labute approximate surface area is 151 Å². The smallest absolute Gasteiger partial charge is 0.271 e. The Morgan fingerprint density at radius 2 is 2.23 bits per heavy atom. The Hall–Kier alpha value is -3.09. The van der Waals surface area contributed by atoms with Gasteiger partial charge < -0.3 is 19.5 Å². The van der Waals surface area contributed by atoms with Gasteiger partial charge in [-0.1, -0.05) is 6.58 Å². The molecule has 1 amide bonds. The maximum Gasteiger partial charge on any atom is 0.271 e. The van der Waals surface area contributed by atoms with Crippen molar-refractivity contribution in [1.82, 2.24) is 14.9 Å². The predicted octanol–water partition coefficient (Wildman–Crippen LogP) is 1.67. The molecule has 2 aromatic heterocycles. The summed E-state index contributed by atoms with van der Waals surface area (Å²) in [6.07, 6.45) is 4.67. The Morgan fingerprint density at radius 1 is 1.46 bits per heavy atom. The van der Waals surface area contributed by atoms with Gasteiger partial charge in [0, 0.05) is 43.7 Å². The molecule has 26 heavy (non-hydrogen) atoms. The van der Waals surface area contributed by atoms with Crippen molar-refractivity contribution in [3.05, 3.63) is 53.6 Å². The first kappa shape index (κ1) is 17.7. The molecule has 3 rings (SSSR count). The number of likely N-dealkylation sites (N-methyl/N-ethyl adjacent to an activating group) is 1. The summed E-state index contributed by atoms with van der Waals surface area (Å²) in [5.74, 6) is 0.434. The molecule has 0 atom stereocenters. The number of carbonyl (C=O) groups is 1. The van der Waals surface area contributed by atoms with Crippen molar-refractivity contribution in [1.29, 1.82) is 0 Å². The van der Waals surface area contributed by atoms with Gasteiger partial charge in [-0.05, 0) is 30.7 Å². The van der Waals surface area contributed by atoms with Gasteiger partial charge in [0.05, 0.1) is 13.2 Å². The van der Waals surface area contributed by atoms with Gasteiger partial charge >= 0.3 is 0 Å². The second-order valence-corrected chi connectivity index (χ2v) is 6.08. The van der Waals surface area contributed by atoms with Crippen LogP contribution in [0.25, 0.3) is 11.1 Å². The number of rotatable bonds is 6. The topological polar surface area (TPSA) is 78.5 Å². The molecule has 7 nitrogen and oxygen atoms in total. The van der Waals surface area contributed by atoms with Crippen LogP contribution in [0, 0.1) is 0 Å². The number of hydrogen-bond acceptors (Lipinski definition) is 5. The van der Waals surface area contributed by atoms with Gasteiger partial charge in [0.25, 0.3) is 5.56 Å². The average Bonchev–Trinajstić information content (AvgIpc) is 2.64. The molecule has 0 bridgehead atoms. The largest absolute Gasteiger partial charge is 0.481 e. The summed E-state index contributed by atoms with van der Waals surface area (Å²) in [7, 11) is 1.57. The summed E-state index contributed by atoms with van der Waals surface area (Å²) in [5, 5.41) is 0. The van der Waals surface area contributed by atoms with Gasteiger partial charge in [-0.15, -0.1) is 0 Å². The number of nitrogens with one attached hydrogen (secondary N) is 1. The van der Waals surface area contributed by atoms with Crippen molar-refractivity contribution in [3.63, 3.8) is 0 Å². The van der Waals surface area contributed by atoms with Crippen LogP contribution in [0.1, 0.15) is 6.92 Å². The lowest BCUT2D eigenvalue weighted by Crippen LogP contribution is -2.61. The van der Waals surface area contributed by atoms with E-state index in [1.807, 2.05) is 30.0 Å². The van der Waals surface area contributed by atoms with Crippen LogP contribution >= 0.6 is 0 Å². The van der Waals surface area contributed by atoms with Crippen LogP contribution in [0.15, 0.2) is 48.0 Å². The highest BCUT2D eigenvalue weighted by atomic mass is 16.5. The first-order valence-electron chi connectivity index (χ1n) is 8.48. The molecule has 1 aliphatic heterocycles. The Morgan fingerprint density at radius 3 is 2.88 bits per heavy atom. The molecule has 1 aliphatic rings. The zero-order chi connectivity index (χ0) is 18.7. The Balaban J connectivity index is 1.88. The van der Waals surface area contributed by atoms with Crippen molar-refractivity contribution in [3.8, 4) is 17.0 Å². The molecule has 1 fully saturated rings. The maximum absolute atomic E-state index is 12.4. The molecule has 0 aliphatic carbocycles. The van der Waals surface area contributed by atoms with Gasteiger partial charge in [-0.3, -0.25) is 9.59 Å². The van der Waals surface area contributed by atoms with Gasteiger partial charge in [-0.25, -0.2) is 4.98 Å². The first-order chi connectivity index (χ1) is 12.6. The van der Waals surface area contributed by atoms with E-state index < -0.39 is 0 Å². The summed E-state index contributed by atoms with van der Waals surface area (Å²) in [5.41, 5.74) is 2.22. The number of methoxy groups -OCH3 is 1. The highest BCUT2D eigenvalue weighted by molar-refractivity contribution is 5.87. The normalized spacial score (nSPS) is 13.8. The average molecular weight is 354 g/mol. The van der Waals surface area contributed by atoms with Crippen LogP contribution in [-0.2, 0) is 4.79 Å². The fourth-order valence-corrected chi connectivity index (χ4v) is 3.14. The van der Waals surface area contributed by atoms with E-state index in [0.717, 1.165) is 11.1 Å². The molecule has 7 heteroatoms. The van der Waals surface area contributed by atoms with Gasteiger partial charge in [0.15, 0.2) is 0 Å². The maximum atomic E-state index is 12.4. The number of likely N-dealkylation sites (tertiary alicyclic amines) is 1. The van der Waals surface area contributed by atoms with E-state index in [4.69, 9.17) is 4.74 Å². The lowest BCUT2D eigenvalue weighted by molar-refractivity contribution is -0.130. The molecular weight excluding hydrogens is 332 g/mol. The number of amides is 1. The number of ether oxygens (including phenoxy) is 1. The minimum absolute atomic E-state index is 0.0798. The molecule has 0 unspecified atom stereocenters. The number of hydrogen-bond donors (Lipinski definition) is 1. The Bertz CT molecular complexity index is 871. The van der Waals surface area contributed by atoms with Crippen molar-refractivity contribution >= 4 is 11.6 Å². The monoisotopic (exact) mass is 354 g/mol. The predicted molar refractivity (Wildman–Crippen MR) is 100 cm³/mol. The number of H-pyrrole nitrogens is 1. The third-order valence-corrected chi connectivity index (χ3v) is 4.60. The SMILES string of the molecule is C=CC(=O)N1CC(N(CC)c2cc(-c3ccnc(OC)c3)c[nH]c2=O)C1. The zero-order valence-corrected chi connectivity index (χ0v) is 14.9. The molecule has 136 valence electrons. The van der Waals surface area contributed by atoms with Crippen molar-refractivity contribution in [2.75, 3.05) is 31.6 Å². The molecule has 0 spiro atoms. The van der Waals surface area contributed by atoms with E-state index in [-0.39, 0.29) is 17.5 Å². The standard InChI is InChI=1S/C19H22N4O3/c1-4-18(24)22-11-15(12-22)23(5-2)16-8-14(10-21-19(16)25)13-6-7-20-17(9-13)26-3/h4,6-10,15H,1,5,11-12H2,2-3H3,(H,21,25). The van der Waals surface area contributed by atoms with E-state index in [1.54, 1.807) is 24.4 Å². The molecular formula is C19H22N4O3. The second kappa shape index (κ2) is 7.43. The van der Waals surface area contributed by atoms with Crippen LogP contribution in [-0.4, -0.2) is 53.6 Å². The van der Waals surface area contributed by atoms with Crippen molar-refractivity contribution in [2.45, 2.75) is 13.0 Å². The van der Waals surface area contributed by atoms with Crippen LogP contribution in [0.4, 0.5) is 5.69 Å². The molecule has 3 heterocycles. The number of nitrogens with zero attached hydrogens (tertiary/aromatic N) is 3. The van der Waals surface area contributed by atoms with E-state index in [9.17, 15) is 9.59 Å². The number of anilines is 1. The number of aromatic amines is 1. The van der Waals surface area contributed by atoms with E-state index in [1.165, 1.54) is 6.08 Å². The summed E-state index contributed by atoms with van der Waals surface area (Å²) in [6.45, 7) is 7.36. The van der Waals surface area contributed by atoms with Gasteiger partial charge in [0.1, 0.15) is 5.69 Å². The first-order valence-corrected chi connectivity index (χ1v) is 8.48. The molecule has 0 aromatic carbocycles. The van der Waals surface area contributed by atoms with Crippen LogP contribution < -0.4 is 15.2 Å². The van der Waals surface area contributed by atoms with Gasteiger partial charge in [-0.2, -0.15) is 0 Å². The highest BCUT2D eigenvalue weighted by Gasteiger charge is 2.34. The van der Waals surface area contributed by atoms with Crippen molar-refractivity contribution in [2.24, 2.45) is 0 Å². The molecule has 2 aromatic rings. The lowest BCUT2D eigenvalue weighted by Gasteiger charge is -2.45. The quantitative estimate of drug-likeness (QED) is 0.799. The van der Waals surface area contributed by atoms with Crippen LogP contribution in [0.3, 0.4) is 0 Å². The fraction of sp³-hybridized carbons (Fsp3) is 0.316. The third kappa shape index (κ3) is 3.33. The van der Waals surface area contributed by atoms with Crippen molar-refractivity contribution < 1.29 is 9.53 Å². The number of pyridine rings is 2. The highest BCUT2D eigenvalue weighted by Crippen LogP contribution is 2.26. The molecule has 1 saturated heterocycles. The fourth-order valence-electron chi connectivity index (χ4n) is 3.14. The summed E-state index contributed by atoms with van der Waals surface area (Å²) in [6, 6.07) is 5.67. The van der Waals surface area contributed by atoms with Crippen LogP contribution in [0.5, 0.6) is 5.88 Å². The van der Waals surface area contributed by atoms with E-state index >= 15 is 0 Å².